The molecule has 0 radical (unpaired) electrons. The molecule has 0 spiro atoms. The first-order chi connectivity index (χ1) is 10.1. The van der Waals surface area contributed by atoms with Crippen molar-refractivity contribution in [2.24, 2.45) is 5.92 Å². The Kier molecular flexibility index (Phi) is 4.36. The Labute approximate surface area is 138 Å². The van der Waals surface area contributed by atoms with E-state index in [1.807, 2.05) is 24.5 Å². The van der Waals surface area contributed by atoms with Gasteiger partial charge in [0, 0.05) is 22.7 Å². The number of nitrogens with one attached hydrogen (secondary N) is 1. The molecule has 3 nitrogen and oxygen atoms in total. The first-order valence-electron chi connectivity index (χ1n) is 7.36. The van der Waals surface area contributed by atoms with Crippen molar-refractivity contribution in [3.05, 3.63) is 29.0 Å². The highest BCUT2D eigenvalue weighted by molar-refractivity contribution is 9.10. The number of pyridine rings is 2. The average Bonchev–Trinajstić information content (AvgIpc) is 2.47. The zero-order valence-electron chi connectivity index (χ0n) is 12.1. The summed E-state index contributed by atoms with van der Waals surface area (Å²) in [7, 11) is 0. The molecule has 3 rings (SSSR count). The van der Waals surface area contributed by atoms with Gasteiger partial charge in [-0.1, -0.05) is 19.8 Å². The summed E-state index contributed by atoms with van der Waals surface area (Å²) in [6, 6.07) is 3.99. The number of anilines is 1. The van der Waals surface area contributed by atoms with Gasteiger partial charge in [-0.3, -0.25) is 9.97 Å². The molecule has 1 saturated carbocycles. The molecule has 2 aromatic heterocycles. The maximum Gasteiger partial charge on any atom is 0.112 e. The number of rotatable bonds is 3. The van der Waals surface area contributed by atoms with E-state index in [0.717, 1.165) is 34.0 Å². The van der Waals surface area contributed by atoms with Gasteiger partial charge in [0.2, 0.25) is 0 Å². The second-order valence-corrected chi connectivity index (χ2v) is 7.30. The summed E-state index contributed by atoms with van der Waals surface area (Å²) >= 11 is 9.77. The summed E-state index contributed by atoms with van der Waals surface area (Å²) in [6.07, 6.45) is 8.38. The van der Waals surface area contributed by atoms with Crippen molar-refractivity contribution in [2.45, 2.75) is 38.1 Å². The minimum absolute atomic E-state index is 0.0255. The SMILES string of the molecule is CC1CCCC(CCl)(Nc2ccnc3cc(Br)cnc23)C1. The van der Waals surface area contributed by atoms with Gasteiger partial charge in [-0.2, -0.15) is 0 Å². The standard InChI is InChI=1S/C16H19BrClN3/c1-11-3-2-5-16(8-11,10-18)21-13-4-6-19-14-7-12(17)9-20-15(13)14/h4,6-7,9,11H,2-3,5,8,10H2,1H3,(H,19,21). The zero-order chi connectivity index (χ0) is 14.9. The van der Waals surface area contributed by atoms with Crippen LogP contribution in [-0.4, -0.2) is 21.4 Å². The van der Waals surface area contributed by atoms with Crippen molar-refractivity contribution in [1.29, 1.82) is 0 Å². The fourth-order valence-electron chi connectivity index (χ4n) is 3.32. The Hall–Kier alpha value is -0.870. The molecule has 0 bridgehead atoms. The topological polar surface area (TPSA) is 37.8 Å². The molecule has 2 atom stereocenters. The molecule has 21 heavy (non-hydrogen) atoms. The summed E-state index contributed by atoms with van der Waals surface area (Å²) in [5, 5.41) is 3.69. The third-order valence-corrected chi connectivity index (χ3v) is 5.24. The average molecular weight is 369 g/mol. The van der Waals surface area contributed by atoms with Crippen molar-refractivity contribution in [1.82, 2.24) is 9.97 Å². The predicted molar refractivity (Wildman–Crippen MR) is 91.9 cm³/mol. The number of fused-ring (bicyclic) bond motifs is 1. The Bertz CT molecular complexity index is 648. The lowest BCUT2D eigenvalue weighted by atomic mass is 9.77. The number of halogens is 2. The third-order valence-electron chi connectivity index (χ3n) is 4.29. The maximum atomic E-state index is 6.32. The molecule has 0 saturated heterocycles. The van der Waals surface area contributed by atoms with Crippen molar-refractivity contribution in [3.63, 3.8) is 0 Å². The van der Waals surface area contributed by atoms with E-state index in [9.17, 15) is 0 Å². The first-order valence-corrected chi connectivity index (χ1v) is 8.69. The molecule has 2 unspecified atom stereocenters. The molecule has 1 fully saturated rings. The van der Waals surface area contributed by atoms with E-state index in [4.69, 9.17) is 11.6 Å². The molecule has 2 aromatic rings. The fourth-order valence-corrected chi connectivity index (χ4v) is 3.95. The van der Waals surface area contributed by atoms with Crippen LogP contribution in [0.2, 0.25) is 0 Å². The van der Waals surface area contributed by atoms with Gasteiger partial charge < -0.3 is 5.32 Å². The summed E-state index contributed by atoms with van der Waals surface area (Å²) in [6.45, 7) is 2.31. The van der Waals surface area contributed by atoms with Gasteiger partial charge in [0.1, 0.15) is 5.52 Å². The lowest BCUT2D eigenvalue weighted by Crippen LogP contribution is -2.44. The molecule has 1 N–H and O–H groups in total. The van der Waals surface area contributed by atoms with E-state index in [2.05, 4.69) is 38.1 Å². The van der Waals surface area contributed by atoms with Crippen LogP contribution in [0.15, 0.2) is 29.0 Å². The van der Waals surface area contributed by atoms with Crippen molar-refractivity contribution in [2.75, 3.05) is 11.2 Å². The van der Waals surface area contributed by atoms with Crippen LogP contribution in [0.5, 0.6) is 0 Å². The maximum absolute atomic E-state index is 6.32. The Balaban J connectivity index is 1.96. The molecule has 0 aliphatic heterocycles. The van der Waals surface area contributed by atoms with E-state index >= 15 is 0 Å². The second kappa shape index (κ2) is 6.09. The van der Waals surface area contributed by atoms with Crippen molar-refractivity contribution >= 4 is 44.3 Å². The number of hydrogen-bond donors (Lipinski definition) is 1. The monoisotopic (exact) mass is 367 g/mol. The van der Waals surface area contributed by atoms with Gasteiger partial charge in [0.25, 0.3) is 0 Å². The predicted octanol–water partition coefficient (Wildman–Crippen LogP) is 4.99. The van der Waals surface area contributed by atoms with E-state index in [1.165, 1.54) is 12.8 Å². The van der Waals surface area contributed by atoms with Crippen molar-refractivity contribution in [3.8, 4) is 0 Å². The van der Waals surface area contributed by atoms with Crippen LogP contribution < -0.4 is 5.32 Å². The molecule has 1 aliphatic carbocycles. The molecule has 0 amide bonds. The van der Waals surface area contributed by atoms with E-state index < -0.39 is 0 Å². The van der Waals surface area contributed by atoms with Gasteiger partial charge in [-0.05, 0) is 46.8 Å². The van der Waals surface area contributed by atoms with Crippen LogP contribution in [0.25, 0.3) is 11.0 Å². The summed E-state index contributed by atoms with van der Waals surface area (Å²) in [4.78, 5) is 8.91. The second-order valence-electron chi connectivity index (χ2n) is 6.12. The molecular formula is C16H19BrClN3. The van der Waals surface area contributed by atoms with E-state index in [1.54, 1.807) is 0 Å². The van der Waals surface area contributed by atoms with Gasteiger partial charge in [0.05, 0.1) is 16.7 Å². The highest BCUT2D eigenvalue weighted by atomic mass is 79.9. The molecule has 112 valence electrons. The molecule has 5 heteroatoms. The van der Waals surface area contributed by atoms with Gasteiger partial charge in [-0.15, -0.1) is 11.6 Å². The van der Waals surface area contributed by atoms with Crippen LogP contribution in [0.3, 0.4) is 0 Å². The summed E-state index contributed by atoms with van der Waals surface area (Å²) in [5.74, 6) is 1.33. The highest BCUT2D eigenvalue weighted by Gasteiger charge is 2.34. The molecular weight excluding hydrogens is 350 g/mol. The Morgan fingerprint density at radius 1 is 1.48 bits per heavy atom. The van der Waals surface area contributed by atoms with Crippen LogP contribution in [0.4, 0.5) is 5.69 Å². The van der Waals surface area contributed by atoms with Gasteiger partial charge in [-0.25, -0.2) is 0 Å². The minimum Gasteiger partial charge on any atom is -0.377 e. The Morgan fingerprint density at radius 3 is 3.10 bits per heavy atom. The first kappa shape index (κ1) is 15.0. The number of aromatic nitrogens is 2. The molecule has 0 aromatic carbocycles. The highest BCUT2D eigenvalue weighted by Crippen LogP contribution is 2.37. The zero-order valence-corrected chi connectivity index (χ0v) is 14.4. The molecule has 1 aliphatic rings. The van der Waals surface area contributed by atoms with E-state index in [0.29, 0.717) is 11.8 Å². The normalized spacial score (nSPS) is 26.0. The lowest BCUT2D eigenvalue weighted by Gasteiger charge is -2.40. The summed E-state index contributed by atoms with van der Waals surface area (Å²) in [5.41, 5.74) is 2.80. The van der Waals surface area contributed by atoms with Crippen LogP contribution in [0.1, 0.15) is 32.6 Å². The lowest BCUT2D eigenvalue weighted by molar-refractivity contribution is 0.280. The quantitative estimate of drug-likeness (QED) is 0.775. The van der Waals surface area contributed by atoms with Gasteiger partial charge >= 0.3 is 0 Å². The fraction of sp³-hybridized carbons (Fsp3) is 0.500. The number of nitrogens with zero attached hydrogens (tertiary/aromatic N) is 2. The number of hydrogen-bond acceptors (Lipinski definition) is 3. The minimum atomic E-state index is -0.0255. The molecule has 2 heterocycles. The van der Waals surface area contributed by atoms with Crippen molar-refractivity contribution < 1.29 is 0 Å². The van der Waals surface area contributed by atoms with E-state index in [-0.39, 0.29) is 5.54 Å². The largest absolute Gasteiger partial charge is 0.377 e. The number of alkyl halides is 1. The summed E-state index contributed by atoms with van der Waals surface area (Å²) < 4.78 is 0.943. The van der Waals surface area contributed by atoms with Crippen LogP contribution in [0, 0.1) is 5.92 Å². The third kappa shape index (κ3) is 3.16. The smallest absolute Gasteiger partial charge is 0.112 e. The van der Waals surface area contributed by atoms with Crippen LogP contribution in [-0.2, 0) is 0 Å². The van der Waals surface area contributed by atoms with Gasteiger partial charge in [0.15, 0.2) is 0 Å². The van der Waals surface area contributed by atoms with Crippen LogP contribution >= 0.6 is 27.5 Å². The Morgan fingerprint density at radius 2 is 2.33 bits per heavy atom.